The van der Waals surface area contributed by atoms with Crippen LogP contribution in [0.4, 0.5) is 5.13 Å². The number of amides is 1. The van der Waals surface area contributed by atoms with Crippen molar-refractivity contribution < 1.29 is 4.79 Å². The molecule has 0 radical (unpaired) electrons. The molecule has 0 unspecified atom stereocenters. The van der Waals surface area contributed by atoms with Crippen LogP contribution in [0.25, 0.3) is 10.2 Å². The molecule has 5 heteroatoms. The van der Waals surface area contributed by atoms with E-state index in [1.54, 1.807) is 11.3 Å². The zero-order valence-electron chi connectivity index (χ0n) is 11.6. The fraction of sp³-hybridized carbons (Fsp3) is 0.250. The van der Waals surface area contributed by atoms with Crippen molar-refractivity contribution in [1.82, 2.24) is 4.98 Å². The number of hydrogen-bond acceptors (Lipinski definition) is 4. The van der Waals surface area contributed by atoms with Crippen molar-refractivity contribution in [1.29, 1.82) is 0 Å². The largest absolute Gasteiger partial charge is 0.297 e. The van der Waals surface area contributed by atoms with E-state index < -0.39 is 0 Å². The Morgan fingerprint density at radius 3 is 3.00 bits per heavy atom. The molecule has 1 aliphatic rings. The molecule has 0 saturated carbocycles. The number of hydrogen-bond donors (Lipinski definition) is 1. The molecule has 1 aromatic carbocycles. The second-order valence-corrected chi connectivity index (χ2v) is 7.52. The van der Waals surface area contributed by atoms with E-state index in [2.05, 4.69) is 23.3 Å². The van der Waals surface area contributed by atoms with Crippen LogP contribution >= 0.6 is 22.7 Å². The molecular formula is C16H14N2OS2. The van der Waals surface area contributed by atoms with Gasteiger partial charge in [-0.25, -0.2) is 4.98 Å². The zero-order chi connectivity index (χ0) is 14.4. The van der Waals surface area contributed by atoms with E-state index in [0.717, 1.165) is 27.9 Å². The van der Waals surface area contributed by atoms with Crippen molar-refractivity contribution in [3.63, 3.8) is 0 Å². The van der Waals surface area contributed by atoms with E-state index in [-0.39, 0.29) is 5.91 Å². The molecule has 2 heterocycles. The summed E-state index contributed by atoms with van der Waals surface area (Å²) in [6.45, 7) is 2.06. The van der Waals surface area contributed by atoms with Gasteiger partial charge in [-0.05, 0) is 55.5 Å². The molecule has 0 fully saturated rings. The fourth-order valence-electron chi connectivity index (χ4n) is 2.68. The molecule has 2 aromatic heterocycles. The lowest BCUT2D eigenvalue weighted by molar-refractivity contribution is 0.103. The van der Waals surface area contributed by atoms with E-state index >= 15 is 0 Å². The Balaban J connectivity index is 1.59. The van der Waals surface area contributed by atoms with Crippen molar-refractivity contribution in [3.05, 3.63) is 45.1 Å². The summed E-state index contributed by atoms with van der Waals surface area (Å²) >= 11 is 3.15. The minimum Gasteiger partial charge on any atom is -0.297 e. The molecule has 21 heavy (non-hydrogen) atoms. The number of carbonyl (C=O) groups excluding carboxylic acids is 1. The molecule has 0 spiro atoms. The highest BCUT2D eigenvalue weighted by Gasteiger charge is 2.19. The summed E-state index contributed by atoms with van der Waals surface area (Å²) in [5.74, 6) is -0.0369. The standard InChI is InChI=1S/C16H14N2OS2/c1-9-5-6-11-13(7-9)21-16(17-11)18-15(19)14-8-10-3-2-4-12(10)20-14/h5-8H,2-4H2,1H3,(H,17,18,19). The van der Waals surface area contributed by atoms with Crippen molar-refractivity contribution in [2.45, 2.75) is 26.2 Å². The number of anilines is 1. The maximum atomic E-state index is 12.3. The molecule has 0 aliphatic heterocycles. The van der Waals surface area contributed by atoms with Crippen LogP contribution in [0.1, 0.15) is 32.1 Å². The Morgan fingerprint density at radius 2 is 2.14 bits per heavy atom. The van der Waals surface area contributed by atoms with Gasteiger partial charge in [-0.2, -0.15) is 0 Å². The summed E-state index contributed by atoms with van der Waals surface area (Å²) in [4.78, 5) is 19.0. The number of nitrogens with zero attached hydrogens (tertiary/aromatic N) is 1. The highest BCUT2D eigenvalue weighted by atomic mass is 32.1. The van der Waals surface area contributed by atoms with E-state index in [1.165, 1.54) is 33.8 Å². The summed E-state index contributed by atoms with van der Waals surface area (Å²) < 4.78 is 1.11. The third-order valence-corrected chi connectivity index (χ3v) is 5.90. The molecule has 1 N–H and O–H groups in total. The number of nitrogens with one attached hydrogen (secondary N) is 1. The molecule has 106 valence electrons. The first-order valence-corrected chi connectivity index (χ1v) is 8.62. The molecule has 3 nitrogen and oxygen atoms in total. The first kappa shape index (κ1) is 13.0. The first-order valence-electron chi connectivity index (χ1n) is 6.99. The predicted octanol–water partition coefficient (Wildman–Crippen LogP) is 4.41. The lowest BCUT2D eigenvalue weighted by Gasteiger charge is -1.97. The van der Waals surface area contributed by atoms with Crippen molar-refractivity contribution in [2.24, 2.45) is 0 Å². The van der Waals surface area contributed by atoms with Gasteiger partial charge in [0, 0.05) is 4.88 Å². The number of aryl methyl sites for hydroxylation is 3. The van der Waals surface area contributed by atoms with Gasteiger partial charge in [0.05, 0.1) is 15.1 Å². The Hall–Kier alpha value is -1.72. The molecule has 0 atom stereocenters. The summed E-state index contributed by atoms with van der Waals surface area (Å²) in [6.07, 6.45) is 3.45. The predicted molar refractivity (Wildman–Crippen MR) is 88.7 cm³/mol. The second kappa shape index (κ2) is 4.93. The van der Waals surface area contributed by atoms with Gasteiger partial charge >= 0.3 is 0 Å². The van der Waals surface area contributed by atoms with Gasteiger partial charge in [-0.1, -0.05) is 17.4 Å². The number of rotatable bonds is 2. The maximum absolute atomic E-state index is 12.3. The van der Waals surface area contributed by atoms with Crippen molar-refractivity contribution in [3.8, 4) is 0 Å². The van der Waals surface area contributed by atoms with Crippen molar-refractivity contribution >= 4 is 43.9 Å². The third-order valence-electron chi connectivity index (χ3n) is 3.73. The molecule has 0 saturated heterocycles. The number of fused-ring (bicyclic) bond motifs is 2. The van der Waals surface area contributed by atoms with Crippen molar-refractivity contribution in [2.75, 3.05) is 5.32 Å². The lowest BCUT2D eigenvalue weighted by atomic mass is 10.2. The SMILES string of the molecule is Cc1ccc2nc(NC(=O)c3cc4c(s3)CCC4)sc2c1. The van der Waals surface area contributed by atoms with Gasteiger partial charge in [0.15, 0.2) is 5.13 Å². The molecule has 4 rings (SSSR count). The average molecular weight is 314 g/mol. The van der Waals surface area contributed by atoms with Gasteiger partial charge in [-0.3, -0.25) is 10.1 Å². The van der Waals surface area contributed by atoms with Crippen LogP contribution in [0.15, 0.2) is 24.3 Å². The van der Waals surface area contributed by atoms with Crippen LogP contribution in [0.3, 0.4) is 0 Å². The highest BCUT2D eigenvalue weighted by molar-refractivity contribution is 7.22. The molecule has 0 bridgehead atoms. The second-order valence-electron chi connectivity index (χ2n) is 5.36. The molecule has 1 aliphatic carbocycles. The van der Waals surface area contributed by atoms with Crippen LogP contribution in [0, 0.1) is 6.92 Å². The smallest absolute Gasteiger partial charge is 0.267 e. The van der Waals surface area contributed by atoms with Crippen LogP contribution in [0.2, 0.25) is 0 Å². The molecular weight excluding hydrogens is 300 g/mol. The fourth-order valence-corrected chi connectivity index (χ4v) is 4.79. The number of aromatic nitrogens is 1. The van der Waals surface area contributed by atoms with Gasteiger partial charge in [0.25, 0.3) is 5.91 Å². The minimum absolute atomic E-state index is 0.0369. The average Bonchev–Trinajstić information content (AvgIpc) is 3.09. The number of carbonyl (C=O) groups is 1. The third kappa shape index (κ3) is 2.36. The minimum atomic E-state index is -0.0369. The van der Waals surface area contributed by atoms with Gasteiger partial charge in [0.1, 0.15) is 0 Å². The Morgan fingerprint density at radius 1 is 1.24 bits per heavy atom. The van der Waals surface area contributed by atoms with E-state index in [1.807, 2.05) is 18.2 Å². The summed E-state index contributed by atoms with van der Waals surface area (Å²) in [5.41, 5.74) is 3.50. The lowest BCUT2D eigenvalue weighted by Crippen LogP contribution is -2.09. The molecule has 1 amide bonds. The van der Waals surface area contributed by atoms with Crippen LogP contribution in [-0.2, 0) is 12.8 Å². The van der Waals surface area contributed by atoms with E-state index in [4.69, 9.17) is 0 Å². The summed E-state index contributed by atoms with van der Waals surface area (Å²) in [7, 11) is 0. The maximum Gasteiger partial charge on any atom is 0.267 e. The summed E-state index contributed by atoms with van der Waals surface area (Å²) in [5, 5.41) is 3.61. The van der Waals surface area contributed by atoms with Gasteiger partial charge in [-0.15, -0.1) is 11.3 Å². The Kier molecular flexibility index (Phi) is 3.05. The Labute approximate surface area is 130 Å². The topological polar surface area (TPSA) is 42.0 Å². The van der Waals surface area contributed by atoms with Crippen LogP contribution < -0.4 is 5.32 Å². The number of thiophene rings is 1. The van der Waals surface area contributed by atoms with Crippen LogP contribution in [0.5, 0.6) is 0 Å². The Bertz CT molecular complexity index is 826. The van der Waals surface area contributed by atoms with E-state index in [0.29, 0.717) is 5.13 Å². The normalized spacial score (nSPS) is 13.6. The zero-order valence-corrected chi connectivity index (χ0v) is 13.2. The monoisotopic (exact) mass is 314 g/mol. The van der Waals surface area contributed by atoms with Crippen LogP contribution in [-0.4, -0.2) is 10.9 Å². The highest BCUT2D eigenvalue weighted by Crippen LogP contribution is 2.32. The summed E-state index contributed by atoms with van der Waals surface area (Å²) in [6, 6.07) is 8.18. The molecule has 3 aromatic rings. The van der Waals surface area contributed by atoms with Gasteiger partial charge in [0.2, 0.25) is 0 Å². The quantitative estimate of drug-likeness (QED) is 0.761. The number of benzene rings is 1. The number of thiazole rings is 1. The first-order chi connectivity index (χ1) is 10.2. The van der Waals surface area contributed by atoms with E-state index in [9.17, 15) is 4.79 Å². The van der Waals surface area contributed by atoms with Gasteiger partial charge < -0.3 is 0 Å².